The summed E-state index contributed by atoms with van der Waals surface area (Å²) in [7, 11) is 1.87. The zero-order chi connectivity index (χ0) is 22.8. The first-order chi connectivity index (χ1) is 16.1. The number of ether oxygens (including phenoxy) is 1. The van der Waals surface area contributed by atoms with Gasteiger partial charge < -0.3 is 19.5 Å². The number of nitrogens with zero attached hydrogens (tertiary/aromatic N) is 6. The average Bonchev–Trinajstić information content (AvgIpc) is 3.27. The molecule has 1 aliphatic rings. The number of hydrogen-bond donors (Lipinski definition) is 1. The Morgan fingerprint density at radius 2 is 1.79 bits per heavy atom. The summed E-state index contributed by atoms with van der Waals surface area (Å²) < 4.78 is 36.2. The molecule has 0 spiro atoms. The van der Waals surface area contributed by atoms with Crippen LogP contribution in [-0.2, 0) is 11.8 Å². The predicted molar refractivity (Wildman–Crippen MR) is 120 cm³/mol. The number of anilines is 3. The van der Waals surface area contributed by atoms with Gasteiger partial charge >= 0.3 is 0 Å². The number of aryl methyl sites for hydroxylation is 1. The number of aromatic nitrogens is 5. The van der Waals surface area contributed by atoms with Gasteiger partial charge in [0.25, 0.3) is 0 Å². The van der Waals surface area contributed by atoms with Crippen molar-refractivity contribution in [3.8, 4) is 22.6 Å². The van der Waals surface area contributed by atoms with Crippen LogP contribution in [0.15, 0.2) is 55.0 Å². The predicted octanol–water partition coefficient (Wildman–Crippen LogP) is 3.80. The number of rotatable bonds is 5. The fourth-order valence-electron chi connectivity index (χ4n) is 3.72. The first kappa shape index (κ1) is 21.0. The maximum Gasteiger partial charge on any atom is 0.227 e. The van der Waals surface area contributed by atoms with Crippen LogP contribution in [0, 0.1) is 11.6 Å². The van der Waals surface area contributed by atoms with Crippen LogP contribution in [0.1, 0.15) is 0 Å². The first-order valence-electron chi connectivity index (χ1n) is 10.4. The standard InChI is InChI=1S/C23H21F2N7O/c1-31-14-27-30-22(31)15-2-4-18(5-3-15)28-23-26-13-20(25)21(29-23)16-10-17(24)12-19(11-16)32-6-8-33-9-7-32/h2-5,10-14H,6-9H2,1H3,(H,26,28,29). The van der Waals surface area contributed by atoms with E-state index in [9.17, 15) is 8.78 Å². The van der Waals surface area contributed by atoms with Crippen LogP contribution in [0.5, 0.6) is 0 Å². The Balaban J connectivity index is 1.41. The molecule has 1 fully saturated rings. The molecule has 10 heteroatoms. The van der Waals surface area contributed by atoms with E-state index in [2.05, 4.69) is 25.5 Å². The number of halogens is 2. The molecule has 8 nitrogen and oxygen atoms in total. The lowest BCUT2D eigenvalue weighted by atomic mass is 10.1. The van der Waals surface area contributed by atoms with Gasteiger partial charge in [0.1, 0.15) is 17.8 Å². The fourth-order valence-corrected chi connectivity index (χ4v) is 3.72. The van der Waals surface area contributed by atoms with E-state index in [0.717, 1.165) is 17.6 Å². The number of benzene rings is 2. The minimum Gasteiger partial charge on any atom is -0.378 e. The summed E-state index contributed by atoms with van der Waals surface area (Å²) in [5, 5.41) is 11.0. The second kappa shape index (κ2) is 8.91. The summed E-state index contributed by atoms with van der Waals surface area (Å²) in [4.78, 5) is 10.4. The Labute approximate surface area is 188 Å². The van der Waals surface area contributed by atoms with Crippen molar-refractivity contribution < 1.29 is 13.5 Å². The van der Waals surface area contributed by atoms with Crippen molar-refractivity contribution in [1.29, 1.82) is 0 Å². The molecule has 0 saturated carbocycles. The second-order valence-electron chi connectivity index (χ2n) is 7.66. The van der Waals surface area contributed by atoms with Gasteiger partial charge in [-0.05, 0) is 42.5 Å². The van der Waals surface area contributed by atoms with Crippen LogP contribution in [0.25, 0.3) is 22.6 Å². The molecule has 3 heterocycles. The van der Waals surface area contributed by atoms with Gasteiger partial charge in [0.05, 0.1) is 19.4 Å². The Morgan fingerprint density at radius 3 is 2.52 bits per heavy atom. The van der Waals surface area contributed by atoms with Gasteiger partial charge in [-0.25, -0.2) is 18.7 Å². The molecule has 0 amide bonds. The molecule has 0 aliphatic carbocycles. The molecule has 0 atom stereocenters. The zero-order valence-electron chi connectivity index (χ0n) is 17.9. The summed E-state index contributed by atoms with van der Waals surface area (Å²) >= 11 is 0. The monoisotopic (exact) mass is 449 g/mol. The van der Waals surface area contributed by atoms with E-state index in [1.54, 1.807) is 12.4 Å². The van der Waals surface area contributed by atoms with Crippen LogP contribution in [0.3, 0.4) is 0 Å². The topological polar surface area (TPSA) is 81.0 Å². The van der Waals surface area contributed by atoms with E-state index in [1.165, 1.54) is 12.1 Å². The average molecular weight is 449 g/mol. The summed E-state index contributed by atoms with van der Waals surface area (Å²) in [5.41, 5.74) is 2.65. The van der Waals surface area contributed by atoms with Gasteiger partial charge in [-0.15, -0.1) is 10.2 Å². The SMILES string of the molecule is Cn1cnnc1-c1ccc(Nc2ncc(F)c(-c3cc(F)cc(N4CCOCC4)c3)n2)cc1. The highest BCUT2D eigenvalue weighted by atomic mass is 19.1. The van der Waals surface area contributed by atoms with Gasteiger partial charge in [-0.2, -0.15) is 0 Å². The van der Waals surface area contributed by atoms with Crippen molar-refractivity contribution in [2.24, 2.45) is 7.05 Å². The smallest absolute Gasteiger partial charge is 0.227 e. The third-order valence-electron chi connectivity index (χ3n) is 5.39. The molecule has 0 bridgehead atoms. The molecule has 1 saturated heterocycles. The lowest BCUT2D eigenvalue weighted by Gasteiger charge is -2.29. The molecule has 168 valence electrons. The molecule has 1 N–H and O–H groups in total. The van der Waals surface area contributed by atoms with Crippen molar-refractivity contribution in [2.45, 2.75) is 0 Å². The zero-order valence-corrected chi connectivity index (χ0v) is 17.9. The number of nitrogens with one attached hydrogen (secondary N) is 1. The van der Waals surface area contributed by atoms with Crippen LogP contribution >= 0.6 is 0 Å². The van der Waals surface area contributed by atoms with Gasteiger partial charge in [-0.3, -0.25) is 0 Å². The van der Waals surface area contributed by atoms with E-state index in [-0.39, 0.29) is 11.6 Å². The minimum absolute atomic E-state index is 0.0252. The summed E-state index contributed by atoms with van der Waals surface area (Å²) in [6, 6.07) is 11.9. The normalized spacial score (nSPS) is 13.8. The van der Waals surface area contributed by atoms with Gasteiger partial charge in [-0.1, -0.05) is 0 Å². The molecule has 0 unspecified atom stereocenters. The second-order valence-corrected chi connectivity index (χ2v) is 7.66. The fraction of sp³-hybridized carbons (Fsp3) is 0.217. The Hall–Kier alpha value is -3.92. The highest BCUT2D eigenvalue weighted by molar-refractivity contribution is 5.68. The van der Waals surface area contributed by atoms with Gasteiger partial charge in [0.15, 0.2) is 11.6 Å². The van der Waals surface area contributed by atoms with Crippen LogP contribution in [-0.4, -0.2) is 51.0 Å². The minimum atomic E-state index is -0.628. The maximum absolute atomic E-state index is 14.6. The van der Waals surface area contributed by atoms with E-state index in [0.29, 0.717) is 43.2 Å². The van der Waals surface area contributed by atoms with Gasteiger partial charge in [0, 0.05) is 42.6 Å². The maximum atomic E-state index is 14.6. The van der Waals surface area contributed by atoms with E-state index in [1.807, 2.05) is 40.8 Å². The van der Waals surface area contributed by atoms with Crippen LogP contribution < -0.4 is 10.2 Å². The summed E-state index contributed by atoms with van der Waals surface area (Å²) in [5.74, 6) is -0.142. The molecular formula is C23H21F2N7O. The summed E-state index contributed by atoms with van der Waals surface area (Å²) in [6.07, 6.45) is 2.71. The molecule has 2 aromatic heterocycles. The lowest BCUT2D eigenvalue weighted by molar-refractivity contribution is 0.122. The highest BCUT2D eigenvalue weighted by Gasteiger charge is 2.16. The molecule has 0 radical (unpaired) electrons. The number of morpholine rings is 1. The number of hydrogen-bond acceptors (Lipinski definition) is 7. The molecule has 2 aromatic carbocycles. The Morgan fingerprint density at radius 1 is 1.00 bits per heavy atom. The highest BCUT2D eigenvalue weighted by Crippen LogP contribution is 2.29. The molecule has 5 rings (SSSR count). The quantitative estimate of drug-likeness (QED) is 0.496. The van der Waals surface area contributed by atoms with Crippen LogP contribution in [0.4, 0.5) is 26.1 Å². The van der Waals surface area contributed by atoms with Crippen molar-refractivity contribution in [3.63, 3.8) is 0 Å². The third kappa shape index (κ3) is 4.51. The largest absolute Gasteiger partial charge is 0.378 e. The molecular weight excluding hydrogens is 428 g/mol. The third-order valence-corrected chi connectivity index (χ3v) is 5.39. The molecule has 1 aliphatic heterocycles. The van der Waals surface area contributed by atoms with Crippen molar-refractivity contribution >= 4 is 17.3 Å². The van der Waals surface area contributed by atoms with Gasteiger partial charge in [0.2, 0.25) is 5.95 Å². The van der Waals surface area contributed by atoms with E-state index < -0.39 is 11.6 Å². The lowest BCUT2D eigenvalue weighted by Crippen LogP contribution is -2.36. The van der Waals surface area contributed by atoms with Crippen LogP contribution in [0.2, 0.25) is 0 Å². The van der Waals surface area contributed by atoms with Crippen molar-refractivity contribution in [2.75, 3.05) is 36.5 Å². The van der Waals surface area contributed by atoms with E-state index in [4.69, 9.17) is 4.74 Å². The van der Waals surface area contributed by atoms with Crippen molar-refractivity contribution in [3.05, 3.63) is 66.6 Å². The first-order valence-corrected chi connectivity index (χ1v) is 10.4. The molecule has 33 heavy (non-hydrogen) atoms. The summed E-state index contributed by atoms with van der Waals surface area (Å²) in [6.45, 7) is 2.42. The van der Waals surface area contributed by atoms with Crippen molar-refractivity contribution in [1.82, 2.24) is 24.7 Å². The Bertz CT molecular complexity index is 1270. The Kier molecular flexibility index (Phi) is 5.66. The van der Waals surface area contributed by atoms with E-state index >= 15 is 0 Å². The molecule has 4 aromatic rings.